The van der Waals surface area contributed by atoms with Crippen LogP contribution in [0, 0.1) is 11.6 Å². The van der Waals surface area contributed by atoms with Crippen LogP contribution in [0.3, 0.4) is 0 Å². The van der Waals surface area contributed by atoms with Crippen molar-refractivity contribution >= 4 is 57.1 Å². The molecular formula is C16H11ClF2N4OS2. The molecule has 1 heterocycles. The summed E-state index contributed by atoms with van der Waals surface area (Å²) in [6.07, 6.45) is 0. The third-order valence-corrected chi connectivity index (χ3v) is 5.26. The van der Waals surface area contributed by atoms with Crippen LogP contribution in [-0.2, 0) is 4.79 Å². The third-order valence-electron chi connectivity index (χ3n) is 3.05. The molecule has 26 heavy (non-hydrogen) atoms. The number of amides is 1. The van der Waals surface area contributed by atoms with Gasteiger partial charge in [0.2, 0.25) is 11.0 Å². The van der Waals surface area contributed by atoms with Gasteiger partial charge < -0.3 is 10.6 Å². The Hall–Kier alpha value is -2.23. The Labute approximate surface area is 160 Å². The second kappa shape index (κ2) is 8.43. The average Bonchev–Trinajstić information content (AvgIpc) is 3.06. The minimum absolute atomic E-state index is 0.0142. The highest BCUT2D eigenvalue weighted by atomic mass is 35.5. The van der Waals surface area contributed by atoms with Crippen LogP contribution in [-0.4, -0.2) is 21.9 Å². The van der Waals surface area contributed by atoms with Crippen LogP contribution >= 0.6 is 34.7 Å². The molecule has 0 spiro atoms. The molecule has 0 saturated carbocycles. The van der Waals surface area contributed by atoms with Crippen LogP contribution in [0.5, 0.6) is 0 Å². The van der Waals surface area contributed by atoms with Crippen LogP contribution < -0.4 is 10.6 Å². The molecule has 0 aliphatic heterocycles. The molecule has 2 N–H and O–H groups in total. The lowest BCUT2D eigenvalue weighted by atomic mass is 10.3. The van der Waals surface area contributed by atoms with Gasteiger partial charge in [-0.05, 0) is 30.3 Å². The van der Waals surface area contributed by atoms with Gasteiger partial charge in [0.05, 0.1) is 17.1 Å². The standard InChI is InChI=1S/C16H11ClF2N4OS2/c17-9-5-6-11(19)13(7-9)20-14(24)8-25-16-23-22-15(26-16)21-12-4-2-1-3-10(12)18/h1-7H,8H2,(H,20,24)(H,21,22). The summed E-state index contributed by atoms with van der Waals surface area (Å²) in [6.45, 7) is 0. The van der Waals surface area contributed by atoms with Gasteiger partial charge in [-0.3, -0.25) is 4.79 Å². The predicted octanol–water partition coefficient (Wildman–Crippen LogP) is 4.94. The zero-order valence-corrected chi connectivity index (χ0v) is 15.4. The number of anilines is 3. The molecule has 0 fully saturated rings. The largest absolute Gasteiger partial charge is 0.328 e. The van der Waals surface area contributed by atoms with Crippen LogP contribution in [0.1, 0.15) is 0 Å². The van der Waals surface area contributed by atoms with E-state index in [1.165, 1.54) is 35.6 Å². The lowest BCUT2D eigenvalue weighted by molar-refractivity contribution is -0.113. The number of carbonyl (C=O) groups is 1. The van der Waals surface area contributed by atoms with Crippen LogP contribution in [0.25, 0.3) is 0 Å². The smallest absolute Gasteiger partial charge is 0.234 e. The minimum Gasteiger partial charge on any atom is -0.328 e. The Morgan fingerprint density at radius 3 is 2.69 bits per heavy atom. The van der Waals surface area contributed by atoms with Crippen molar-refractivity contribution in [3.05, 3.63) is 59.1 Å². The molecule has 1 aromatic heterocycles. The van der Waals surface area contributed by atoms with Gasteiger partial charge in [0.1, 0.15) is 11.6 Å². The highest BCUT2D eigenvalue weighted by Crippen LogP contribution is 2.28. The topological polar surface area (TPSA) is 66.9 Å². The minimum atomic E-state index is -0.569. The van der Waals surface area contributed by atoms with Gasteiger partial charge in [-0.15, -0.1) is 10.2 Å². The summed E-state index contributed by atoms with van der Waals surface area (Å²) in [5.74, 6) is -1.37. The molecule has 0 aliphatic carbocycles. The van der Waals surface area contributed by atoms with Crippen LogP contribution in [0.2, 0.25) is 5.02 Å². The first kappa shape index (κ1) is 18.6. The number of thioether (sulfide) groups is 1. The monoisotopic (exact) mass is 412 g/mol. The van der Waals surface area contributed by atoms with Crippen molar-refractivity contribution in [2.75, 3.05) is 16.4 Å². The Morgan fingerprint density at radius 1 is 1.12 bits per heavy atom. The van der Waals surface area contributed by atoms with Gasteiger partial charge in [-0.1, -0.05) is 46.8 Å². The molecular weight excluding hydrogens is 402 g/mol. The molecule has 134 valence electrons. The van der Waals surface area contributed by atoms with Gasteiger partial charge in [0.15, 0.2) is 4.34 Å². The zero-order chi connectivity index (χ0) is 18.5. The van der Waals surface area contributed by atoms with Crippen molar-refractivity contribution < 1.29 is 13.6 Å². The molecule has 0 bridgehead atoms. The number of aromatic nitrogens is 2. The van der Waals surface area contributed by atoms with Gasteiger partial charge >= 0.3 is 0 Å². The predicted molar refractivity (Wildman–Crippen MR) is 100 cm³/mol. The number of carbonyl (C=O) groups excluding carboxylic acids is 1. The summed E-state index contributed by atoms with van der Waals surface area (Å²) in [4.78, 5) is 11.9. The van der Waals surface area contributed by atoms with E-state index in [0.29, 0.717) is 14.5 Å². The molecule has 0 atom stereocenters. The summed E-state index contributed by atoms with van der Waals surface area (Å²) >= 11 is 8.10. The summed E-state index contributed by atoms with van der Waals surface area (Å²) < 4.78 is 27.7. The number of hydrogen-bond donors (Lipinski definition) is 2. The van der Waals surface area contributed by atoms with E-state index in [2.05, 4.69) is 20.8 Å². The SMILES string of the molecule is O=C(CSc1nnc(Nc2ccccc2F)s1)Nc1cc(Cl)ccc1F. The summed E-state index contributed by atoms with van der Waals surface area (Å²) in [5, 5.41) is 13.8. The quantitative estimate of drug-likeness (QED) is 0.561. The van der Waals surface area contributed by atoms with E-state index in [4.69, 9.17) is 11.6 Å². The Balaban J connectivity index is 1.55. The van der Waals surface area contributed by atoms with Gasteiger partial charge in [0, 0.05) is 5.02 Å². The third kappa shape index (κ3) is 4.90. The molecule has 5 nitrogen and oxygen atoms in total. The van der Waals surface area contributed by atoms with Crippen molar-refractivity contribution in [2.45, 2.75) is 4.34 Å². The molecule has 0 aliphatic rings. The molecule has 3 rings (SSSR count). The van der Waals surface area contributed by atoms with Crippen molar-refractivity contribution in [3.8, 4) is 0 Å². The number of halogens is 3. The number of nitrogens with zero attached hydrogens (tertiary/aromatic N) is 2. The molecule has 0 saturated heterocycles. The molecule has 0 radical (unpaired) electrons. The summed E-state index contributed by atoms with van der Waals surface area (Å²) in [6, 6.07) is 10.1. The van der Waals surface area contributed by atoms with E-state index < -0.39 is 17.5 Å². The van der Waals surface area contributed by atoms with Crippen LogP contribution in [0.4, 0.5) is 25.3 Å². The average molecular weight is 413 g/mol. The molecule has 3 aromatic rings. The first-order valence-electron chi connectivity index (χ1n) is 7.24. The number of hydrogen-bond acceptors (Lipinski definition) is 6. The lowest BCUT2D eigenvalue weighted by Crippen LogP contribution is -2.15. The first-order valence-corrected chi connectivity index (χ1v) is 9.42. The Morgan fingerprint density at radius 2 is 1.88 bits per heavy atom. The number of nitrogens with one attached hydrogen (secondary N) is 2. The maximum absolute atomic E-state index is 13.6. The lowest BCUT2D eigenvalue weighted by Gasteiger charge is -2.05. The second-order valence-electron chi connectivity index (χ2n) is 4.94. The number of rotatable bonds is 6. The molecule has 10 heteroatoms. The second-order valence-corrected chi connectivity index (χ2v) is 7.58. The van der Waals surface area contributed by atoms with Gasteiger partial charge in [-0.25, -0.2) is 8.78 Å². The van der Waals surface area contributed by atoms with E-state index in [0.717, 1.165) is 11.8 Å². The zero-order valence-electron chi connectivity index (χ0n) is 13.0. The van der Waals surface area contributed by atoms with E-state index in [1.807, 2.05) is 0 Å². The van der Waals surface area contributed by atoms with Crippen molar-refractivity contribution in [2.24, 2.45) is 0 Å². The van der Waals surface area contributed by atoms with Gasteiger partial charge in [0.25, 0.3) is 0 Å². The summed E-state index contributed by atoms with van der Waals surface area (Å²) in [7, 11) is 0. The van der Waals surface area contributed by atoms with E-state index in [-0.39, 0.29) is 17.1 Å². The van der Waals surface area contributed by atoms with Gasteiger partial charge in [-0.2, -0.15) is 0 Å². The van der Waals surface area contributed by atoms with Crippen molar-refractivity contribution in [1.29, 1.82) is 0 Å². The maximum Gasteiger partial charge on any atom is 0.234 e. The molecule has 0 unspecified atom stereocenters. The number of benzene rings is 2. The summed E-state index contributed by atoms with van der Waals surface area (Å²) in [5.41, 5.74) is 0.302. The van der Waals surface area contributed by atoms with E-state index in [1.54, 1.807) is 18.2 Å². The van der Waals surface area contributed by atoms with Crippen LogP contribution in [0.15, 0.2) is 46.8 Å². The fraction of sp³-hybridized carbons (Fsp3) is 0.0625. The molecule has 1 amide bonds. The fourth-order valence-corrected chi connectivity index (χ4v) is 3.64. The van der Waals surface area contributed by atoms with Crippen molar-refractivity contribution in [3.63, 3.8) is 0 Å². The van der Waals surface area contributed by atoms with Crippen molar-refractivity contribution in [1.82, 2.24) is 10.2 Å². The highest BCUT2D eigenvalue weighted by Gasteiger charge is 2.11. The molecule has 2 aromatic carbocycles. The fourth-order valence-electron chi connectivity index (χ4n) is 1.90. The van der Waals surface area contributed by atoms with E-state index in [9.17, 15) is 13.6 Å². The normalized spacial score (nSPS) is 10.6. The van der Waals surface area contributed by atoms with E-state index >= 15 is 0 Å². The Kier molecular flexibility index (Phi) is 6.02. The first-order chi connectivity index (χ1) is 12.5. The highest BCUT2D eigenvalue weighted by molar-refractivity contribution is 8.01. The number of para-hydroxylation sites is 1. The Bertz CT molecular complexity index is 938. The maximum atomic E-state index is 13.6.